The van der Waals surface area contributed by atoms with E-state index in [-0.39, 0.29) is 11.8 Å². The SMILES string of the molecule is CC(=O)N[C@H](C(=O)O)C(C)c1ccc(-c2cc3ccccc3c3ccccc23)cc1. The number of rotatable bonds is 5. The molecule has 1 unspecified atom stereocenters. The number of carbonyl (C=O) groups excluding carboxylic acids is 1. The first-order valence-electron chi connectivity index (χ1n) is 9.96. The predicted molar refractivity (Wildman–Crippen MR) is 121 cm³/mol. The Hall–Kier alpha value is -3.66. The number of fused-ring (bicyclic) bond motifs is 3. The van der Waals surface area contributed by atoms with Crippen molar-refractivity contribution in [3.63, 3.8) is 0 Å². The Morgan fingerprint density at radius 1 is 0.833 bits per heavy atom. The summed E-state index contributed by atoms with van der Waals surface area (Å²) in [7, 11) is 0. The van der Waals surface area contributed by atoms with Crippen molar-refractivity contribution >= 4 is 33.4 Å². The van der Waals surface area contributed by atoms with Gasteiger partial charge in [-0.25, -0.2) is 4.79 Å². The third-order valence-electron chi connectivity index (χ3n) is 5.64. The van der Waals surface area contributed by atoms with Crippen LogP contribution in [0.4, 0.5) is 0 Å². The van der Waals surface area contributed by atoms with Gasteiger partial charge >= 0.3 is 5.97 Å². The summed E-state index contributed by atoms with van der Waals surface area (Å²) in [5.41, 5.74) is 3.07. The van der Waals surface area contributed by atoms with Crippen LogP contribution in [-0.4, -0.2) is 23.0 Å². The molecule has 4 aromatic carbocycles. The van der Waals surface area contributed by atoms with Crippen LogP contribution in [0, 0.1) is 0 Å². The van der Waals surface area contributed by atoms with E-state index < -0.39 is 12.0 Å². The lowest BCUT2D eigenvalue weighted by Crippen LogP contribution is -2.43. The van der Waals surface area contributed by atoms with Crippen molar-refractivity contribution < 1.29 is 14.7 Å². The van der Waals surface area contributed by atoms with E-state index in [1.807, 2.05) is 43.3 Å². The normalized spacial score (nSPS) is 13.1. The minimum Gasteiger partial charge on any atom is -0.480 e. The van der Waals surface area contributed by atoms with Gasteiger partial charge in [0.15, 0.2) is 0 Å². The molecule has 2 N–H and O–H groups in total. The maximum atomic E-state index is 11.6. The molecule has 0 spiro atoms. The van der Waals surface area contributed by atoms with E-state index >= 15 is 0 Å². The smallest absolute Gasteiger partial charge is 0.326 e. The molecule has 30 heavy (non-hydrogen) atoms. The summed E-state index contributed by atoms with van der Waals surface area (Å²) in [5, 5.41) is 16.8. The van der Waals surface area contributed by atoms with E-state index in [0.29, 0.717) is 0 Å². The summed E-state index contributed by atoms with van der Waals surface area (Å²) < 4.78 is 0. The number of amides is 1. The molecular weight excluding hydrogens is 374 g/mol. The van der Waals surface area contributed by atoms with Crippen LogP contribution >= 0.6 is 0 Å². The summed E-state index contributed by atoms with van der Waals surface area (Å²) in [5.74, 6) is -1.75. The van der Waals surface area contributed by atoms with Gasteiger partial charge in [0, 0.05) is 12.8 Å². The van der Waals surface area contributed by atoms with Gasteiger partial charge in [-0.1, -0.05) is 79.7 Å². The molecule has 150 valence electrons. The van der Waals surface area contributed by atoms with Crippen LogP contribution in [0.15, 0.2) is 78.9 Å². The molecule has 2 atom stereocenters. The fourth-order valence-corrected chi connectivity index (χ4v) is 4.07. The summed E-state index contributed by atoms with van der Waals surface area (Å²) in [6.45, 7) is 3.14. The molecule has 4 heteroatoms. The largest absolute Gasteiger partial charge is 0.480 e. The average molecular weight is 397 g/mol. The molecular formula is C26H23NO3. The van der Waals surface area contributed by atoms with Crippen molar-refractivity contribution in [2.75, 3.05) is 0 Å². The molecule has 0 heterocycles. The number of hydrogen-bond acceptors (Lipinski definition) is 2. The van der Waals surface area contributed by atoms with Gasteiger partial charge in [-0.15, -0.1) is 0 Å². The number of carboxylic acid groups (broad SMARTS) is 1. The zero-order valence-corrected chi connectivity index (χ0v) is 16.9. The molecule has 0 radical (unpaired) electrons. The highest BCUT2D eigenvalue weighted by atomic mass is 16.4. The third-order valence-corrected chi connectivity index (χ3v) is 5.64. The molecule has 1 amide bonds. The minimum absolute atomic E-state index is 0.353. The van der Waals surface area contributed by atoms with Crippen molar-refractivity contribution in [3.8, 4) is 11.1 Å². The van der Waals surface area contributed by atoms with E-state index in [9.17, 15) is 14.7 Å². The topological polar surface area (TPSA) is 66.4 Å². The van der Waals surface area contributed by atoms with Crippen LogP contribution < -0.4 is 5.32 Å². The van der Waals surface area contributed by atoms with E-state index in [2.05, 4.69) is 47.8 Å². The molecule has 0 aliphatic rings. The van der Waals surface area contributed by atoms with Crippen molar-refractivity contribution in [1.82, 2.24) is 5.32 Å². The van der Waals surface area contributed by atoms with Gasteiger partial charge in [0.1, 0.15) is 6.04 Å². The fraction of sp³-hybridized carbons (Fsp3) is 0.154. The minimum atomic E-state index is -1.04. The van der Waals surface area contributed by atoms with Crippen LogP contribution in [0.2, 0.25) is 0 Å². The molecule has 0 aliphatic heterocycles. The Morgan fingerprint density at radius 2 is 1.43 bits per heavy atom. The standard InChI is InChI=1S/C26H23NO3/c1-16(25(26(29)30)27-17(2)28)18-11-13-19(14-12-18)24-15-20-7-3-4-8-21(20)22-9-5-6-10-23(22)24/h3-16,25H,1-2H3,(H,27,28)(H,29,30)/t16?,25-/m0/s1. The highest BCUT2D eigenvalue weighted by Crippen LogP contribution is 2.35. The number of aliphatic carboxylic acids is 1. The van der Waals surface area contributed by atoms with Gasteiger partial charge in [0.25, 0.3) is 0 Å². The van der Waals surface area contributed by atoms with Gasteiger partial charge in [-0.2, -0.15) is 0 Å². The highest BCUT2D eigenvalue weighted by Gasteiger charge is 2.26. The number of hydrogen-bond donors (Lipinski definition) is 2. The zero-order valence-electron chi connectivity index (χ0n) is 16.9. The second-order valence-electron chi connectivity index (χ2n) is 7.62. The molecule has 4 aromatic rings. The van der Waals surface area contributed by atoms with Crippen LogP contribution in [0.3, 0.4) is 0 Å². The van der Waals surface area contributed by atoms with Crippen molar-refractivity contribution in [2.24, 2.45) is 0 Å². The maximum Gasteiger partial charge on any atom is 0.326 e. The second-order valence-corrected chi connectivity index (χ2v) is 7.62. The third kappa shape index (κ3) is 3.64. The lowest BCUT2D eigenvalue weighted by atomic mass is 9.89. The summed E-state index contributed by atoms with van der Waals surface area (Å²) in [4.78, 5) is 23.0. The lowest BCUT2D eigenvalue weighted by Gasteiger charge is -2.21. The molecule has 4 nitrogen and oxygen atoms in total. The van der Waals surface area contributed by atoms with Gasteiger partial charge in [0.2, 0.25) is 5.91 Å². The molecule has 0 bridgehead atoms. The van der Waals surface area contributed by atoms with E-state index in [1.54, 1.807) is 0 Å². The fourth-order valence-electron chi connectivity index (χ4n) is 4.07. The second kappa shape index (κ2) is 7.99. The number of carbonyl (C=O) groups is 2. The van der Waals surface area contributed by atoms with Gasteiger partial charge in [-0.3, -0.25) is 4.79 Å². The first-order chi connectivity index (χ1) is 14.5. The van der Waals surface area contributed by atoms with Crippen LogP contribution in [-0.2, 0) is 9.59 Å². The molecule has 0 aliphatic carbocycles. The number of benzene rings is 4. The molecule has 0 saturated heterocycles. The number of carboxylic acids is 1. The Kier molecular flexibility index (Phi) is 5.23. The van der Waals surface area contributed by atoms with Gasteiger partial charge in [-0.05, 0) is 44.3 Å². The Balaban J connectivity index is 1.76. The van der Waals surface area contributed by atoms with Gasteiger partial charge < -0.3 is 10.4 Å². The molecule has 0 aromatic heterocycles. The lowest BCUT2D eigenvalue weighted by molar-refractivity contribution is -0.142. The molecule has 4 rings (SSSR count). The van der Waals surface area contributed by atoms with E-state index in [1.165, 1.54) is 28.5 Å². The van der Waals surface area contributed by atoms with Crippen molar-refractivity contribution in [3.05, 3.63) is 84.4 Å². The van der Waals surface area contributed by atoms with Crippen LogP contribution in [0.5, 0.6) is 0 Å². The first kappa shape index (κ1) is 19.6. The van der Waals surface area contributed by atoms with Crippen LogP contribution in [0.1, 0.15) is 25.3 Å². The Bertz CT molecular complexity index is 1240. The quantitative estimate of drug-likeness (QED) is 0.446. The maximum absolute atomic E-state index is 11.6. The Morgan fingerprint density at radius 3 is 2.07 bits per heavy atom. The number of nitrogens with one attached hydrogen (secondary N) is 1. The van der Waals surface area contributed by atoms with E-state index in [0.717, 1.165) is 16.7 Å². The van der Waals surface area contributed by atoms with Crippen molar-refractivity contribution in [2.45, 2.75) is 25.8 Å². The van der Waals surface area contributed by atoms with Crippen molar-refractivity contribution in [1.29, 1.82) is 0 Å². The average Bonchev–Trinajstić information content (AvgIpc) is 2.76. The highest BCUT2D eigenvalue weighted by molar-refractivity contribution is 6.13. The molecule has 0 fully saturated rings. The van der Waals surface area contributed by atoms with Gasteiger partial charge in [0.05, 0.1) is 0 Å². The summed E-state index contributed by atoms with van der Waals surface area (Å²) >= 11 is 0. The van der Waals surface area contributed by atoms with E-state index in [4.69, 9.17) is 0 Å². The summed E-state index contributed by atoms with van der Waals surface area (Å²) in [6, 6.07) is 25.9. The Labute approximate surface area is 175 Å². The first-order valence-corrected chi connectivity index (χ1v) is 9.96. The monoisotopic (exact) mass is 397 g/mol. The zero-order chi connectivity index (χ0) is 21.3. The summed E-state index contributed by atoms with van der Waals surface area (Å²) in [6.07, 6.45) is 0. The predicted octanol–water partition coefficient (Wildman–Crippen LogP) is 5.35. The van der Waals surface area contributed by atoms with Crippen LogP contribution in [0.25, 0.3) is 32.7 Å². The molecule has 0 saturated carbocycles.